The SMILES string of the molecule is CN(CCCC(=O)[O-])S(=O)(=O)c1ccc2c(c1)Cc1cc(S(=O)(=O)N(C)CCCC(=O)[O-])ccc1-2. The highest BCUT2D eigenvalue weighted by molar-refractivity contribution is 7.89. The zero-order valence-electron chi connectivity index (χ0n) is 19.4. The maximum Gasteiger partial charge on any atom is 0.242 e. The van der Waals surface area contributed by atoms with E-state index in [2.05, 4.69) is 0 Å². The second kappa shape index (κ2) is 10.4. The van der Waals surface area contributed by atoms with Gasteiger partial charge in [-0.3, -0.25) is 0 Å². The summed E-state index contributed by atoms with van der Waals surface area (Å²) < 4.78 is 53.8. The van der Waals surface area contributed by atoms with Crippen LogP contribution in [0, 0.1) is 0 Å². The predicted octanol–water partition coefficient (Wildman–Crippen LogP) is -0.441. The van der Waals surface area contributed by atoms with Gasteiger partial charge < -0.3 is 19.8 Å². The fourth-order valence-corrected chi connectivity index (χ4v) is 6.50. The average Bonchev–Trinajstić information content (AvgIpc) is 3.15. The van der Waals surface area contributed by atoms with Crippen LogP contribution in [0.25, 0.3) is 11.1 Å². The van der Waals surface area contributed by atoms with E-state index >= 15 is 0 Å². The monoisotopic (exact) mass is 522 g/mol. The number of carbonyl (C=O) groups is 2. The van der Waals surface area contributed by atoms with Gasteiger partial charge >= 0.3 is 0 Å². The van der Waals surface area contributed by atoms with Crippen LogP contribution in [0.1, 0.15) is 36.8 Å². The van der Waals surface area contributed by atoms with Crippen molar-refractivity contribution in [1.29, 1.82) is 0 Å². The molecule has 0 aromatic heterocycles. The molecule has 0 amide bonds. The molecule has 0 atom stereocenters. The van der Waals surface area contributed by atoms with E-state index in [0.29, 0.717) is 6.42 Å². The first-order valence-corrected chi connectivity index (χ1v) is 13.8. The van der Waals surface area contributed by atoms with Crippen molar-refractivity contribution < 1.29 is 36.6 Å². The second-order valence-corrected chi connectivity index (χ2v) is 12.5. The number of fused-ring (bicyclic) bond motifs is 3. The summed E-state index contributed by atoms with van der Waals surface area (Å²) in [4.78, 5) is 21.3. The van der Waals surface area contributed by atoms with E-state index in [1.807, 2.05) is 0 Å². The number of hydrogen-bond donors (Lipinski definition) is 0. The highest BCUT2D eigenvalue weighted by atomic mass is 32.2. The summed E-state index contributed by atoms with van der Waals surface area (Å²) in [5.74, 6) is -2.48. The lowest BCUT2D eigenvalue weighted by Crippen LogP contribution is -2.30. The van der Waals surface area contributed by atoms with E-state index in [9.17, 15) is 36.6 Å². The van der Waals surface area contributed by atoms with Gasteiger partial charge in [0, 0.05) is 39.1 Å². The average molecular weight is 523 g/mol. The minimum absolute atomic E-state index is 0.0331. The summed E-state index contributed by atoms with van der Waals surface area (Å²) in [6.07, 6.45) is 0.133. The lowest BCUT2D eigenvalue weighted by Gasteiger charge is -2.18. The Kier molecular flexibility index (Phi) is 8.00. The van der Waals surface area contributed by atoms with E-state index in [4.69, 9.17) is 0 Å². The number of hydrogen-bond acceptors (Lipinski definition) is 8. The van der Waals surface area contributed by atoms with Crippen molar-refractivity contribution >= 4 is 32.0 Å². The molecule has 190 valence electrons. The molecular weight excluding hydrogens is 496 g/mol. The lowest BCUT2D eigenvalue weighted by molar-refractivity contribution is -0.307. The molecule has 2 aromatic rings. The topological polar surface area (TPSA) is 155 Å². The molecule has 0 saturated heterocycles. The zero-order chi connectivity index (χ0) is 26.0. The van der Waals surface area contributed by atoms with E-state index in [1.54, 1.807) is 24.3 Å². The second-order valence-electron chi connectivity index (χ2n) is 8.42. The number of aliphatic carboxylic acids is 2. The molecule has 0 aliphatic heterocycles. The van der Waals surface area contributed by atoms with E-state index in [1.165, 1.54) is 26.2 Å². The van der Waals surface area contributed by atoms with Crippen LogP contribution >= 0.6 is 0 Å². The Morgan fingerprint density at radius 1 is 0.743 bits per heavy atom. The Morgan fingerprint density at radius 3 is 1.46 bits per heavy atom. The van der Waals surface area contributed by atoms with Crippen molar-refractivity contribution in [3.8, 4) is 11.1 Å². The van der Waals surface area contributed by atoms with Crippen LogP contribution in [0.2, 0.25) is 0 Å². The molecule has 0 fully saturated rings. The van der Waals surface area contributed by atoms with Crippen molar-refractivity contribution in [3.05, 3.63) is 47.5 Å². The molecule has 35 heavy (non-hydrogen) atoms. The molecule has 0 unspecified atom stereocenters. The predicted molar refractivity (Wildman–Crippen MR) is 123 cm³/mol. The minimum atomic E-state index is -3.83. The van der Waals surface area contributed by atoms with Gasteiger partial charge in [-0.25, -0.2) is 25.4 Å². The summed E-state index contributed by atoms with van der Waals surface area (Å²) in [5.41, 5.74) is 3.09. The Morgan fingerprint density at radius 2 is 1.11 bits per heavy atom. The van der Waals surface area contributed by atoms with E-state index < -0.39 is 32.0 Å². The highest BCUT2D eigenvalue weighted by Gasteiger charge is 2.27. The van der Waals surface area contributed by atoms with Gasteiger partial charge in [0.1, 0.15) is 0 Å². The van der Waals surface area contributed by atoms with Gasteiger partial charge in [-0.2, -0.15) is 0 Å². The van der Waals surface area contributed by atoms with Crippen LogP contribution in [0.4, 0.5) is 0 Å². The van der Waals surface area contributed by atoms with Gasteiger partial charge in [0.05, 0.1) is 9.79 Å². The van der Waals surface area contributed by atoms with Gasteiger partial charge in [-0.15, -0.1) is 0 Å². The quantitative estimate of drug-likeness (QED) is 0.310. The van der Waals surface area contributed by atoms with Crippen LogP contribution in [-0.2, 0) is 36.1 Å². The number of sulfonamides is 2. The molecule has 0 radical (unpaired) electrons. The molecule has 10 nitrogen and oxygen atoms in total. The van der Waals surface area contributed by atoms with Crippen molar-refractivity contribution in [2.75, 3.05) is 27.2 Å². The number of carboxylic acid groups (broad SMARTS) is 2. The first-order valence-electron chi connectivity index (χ1n) is 10.9. The Balaban J connectivity index is 1.80. The summed E-state index contributed by atoms with van der Waals surface area (Å²) in [5, 5.41) is 21.2. The molecule has 0 saturated carbocycles. The molecular formula is C23H26N2O8S2-2. The standard InChI is InChI=1S/C23H28N2O8S2/c1-24(11-3-5-22(26)27)34(30,31)18-7-9-20-16(14-18)13-17-15-19(8-10-21(17)20)35(32,33)25(2)12-4-6-23(28)29/h7-10,14-15H,3-6,11-13H2,1-2H3,(H,26,27)(H,28,29)/p-2. The fourth-order valence-electron chi connectivity index (χ4n) is 3.98. The number of carboxylic acids is 2. The molecule has 0 bridgehead atoms. The number of benzene rings is 2. The zero-order valence-corrected chi connectivity index (χ0v) is 21.0. The smallest absolute Gasteiger partial charge is 0.242 e. The van der Waals surface area contributed by atoms with E-state index in [0.717, 1.165) is 30.9 Å². The molecule has 2 aromatic carbocycles. The minimum Gasteiger partial charge on any atom is -0.550 e. The first-order chi connectivity index (χ1) is 16.3. The van der Waals surface area contributed by atoms with Crippen molar-refractivity contribution in [2.45, 2.75) is 41.9 Å². The third-order valence-corrected chi connectivity index (χ3v) is 9.65. The molecule has 0 spiro atoms. The van der Waals surface area contributed by atoms with Gasteiger partial charge in [0.25, 0.3) is 0 Å². The summed E-state index contributed by atoms with van der Waals surface area (Å²) in [7, 11) is -4.90. The Hall–Kier alpha value is -2.80. The molecule has 0 heterocycles. The van der Waals surface area contributed by atoms with Crippen molar-refractivity contribution in [1.82, 2.24) is 8.61 Å². The number of carbonyl (C=O) groups excluding carboxylic acids is 2. The summed E-state index contributed by atoms with van der Waals surface area (Å²) in [6, 6.07) is 9.44. The molecule has 3 rings (SSSR count). The third kappa shape index (κ3) is 5.89. The molecule has 1 aliphatic rings. The highest BCUT2D eigenvalue weighted by Crippen LogP contribution is 2.39. The van der Waals surface area contributed by atoms with Gasteiger partial charge in [0.2, 0.25) is 20.0 Å². The van der Waals surface area contributed by atoms with Gasteiger partial charge in [-0.1, -0.05) is 12.1 Å². The largest absolute Gasteiger partial charge is 0.550 e. The molecule has 12 heteroatoms. The lowest BCUT2D eigenvalue weighted by atomic mass is 10.1. The van der Waals surface area contributed by atoms with Crippen LogP contribution < -0.4 is 10.2 Å². The van der Waals surface area contributed by atoms with Crippen molar-refractivity contribution in [2.24, 2.45) is 0 Å². The van der Waals surface area contributed by atoms with Gasteiger partial charge in [0.15, 0.2) is 0 Å². The number of nitrogens with zero attached hydrogens (tertiary/aromatic N) is 2. The maximum absolute atomic E-state index is 12.9. The number of rotatable bonds is 12. The Bertz CT molecular complexity index is 1250. The van der Waals surface area contributed by atoms with Crippen LogP contribution in [-0.4, -0.2) is 64.6 Å². The normalized spacial score (nSPS) is 13.1. The Labute approximate surface area is 204 Å². The van der Waals surface area contributed by atoms with Crippen molar-refractivity contribution in [3.63, 3.8) is 0 Å². The van der Waals surface area contributed by atoms with Crippen LogP contribution in [0.3, 0.4) is 0 Å². The summed E-state index contributed by atoms with van der Waals surface area (Å²) >= 11 is 0. The first kappa shape index (κ1) is 26.8. The van der Waals surface area contributed by atoms with Crippen LogP contribution in [0.15, 0.2) is 46.2 Å². The van der Waals surface area contributed by atoms with Gasteiger partial charge in [-0.05, 0) is 78.6 Å². The fraction of sp³-hybridized carbons (Fsp3) is 0.391. The maximum atomic E-state index is 12.9. The van der Waals surface area contributed by atoms with Crippen LogP contribution in [0.5, 0.6) is 0 Å². The molecule has 1 aliphatic carbocycles. The van der Waals surface area contributed by atoms with E-state index in [-0.39, 0.29) is 48.6 Å². The molecule has 0 N–H and O–H groups in total. The third-order valence-electron chi connectivity index (χ3n) is 5.95. The summed E-state index contributed by atoms with van der Waals surface area (Å²) in [6.45, 7) is 0.0661.